The van der Waals surface area contributed by atoms with Gasteiger partial charge in [-0.15, -0.1) is 0 Å². The number of aryl methyl sites for hydroxylation is 3. The molecule has 5 aromatic rings. The van der Waals surface area contributed by atoms with Crippen molar-refractivity contribution in [2.45, 2.75) is 85.4 Å². The Morgan fingerprint density at radius 2 is 1.83 bits per heavy atom. The summed E-state index contributed by atoms with van der Waals surface area (Å²) < 4.78 is 7.66. The van der Waals surface area contributed by atoms with Gasteiger partial charge in [0.15, 0.2) is 0 Å². The lowest BCUT2D eigenvalue weighted by molar-refractivity contribution is -0.131. The minimum absolute atomic E-state index is 0.0483. The Kier molecular flexibility index (Phi) is 9.66. The van der Waals surface area contributed by atoms with Gasteiger partial charge in [0.2, 0.25) is 17.7 Å². The van der Waals surface area contributed by atoms with Gasteiger partial charge in [-0.25, -0.2) is 9.67 Å². The molecule has 3 N–H and O–H groups in total. The van der Waals surface area contributed by atoms with E-state index in [1.54, 1.807) is 6.26 Å². The van der Waals surface area contributed by atoms with Crippen LogP contribution in [0.25, 0.3) is 21.9 Å². The van der Waals surface area contributed by atoms with Crippen LogP contribution in [0.1, 0.15) is 73.1 Å². The van der Waals surface area contributed by atoms with Gasteiger partial charge in [0.1, 0.15) is 23.3 Å². The monoisotopic (exact) mass is 651 g/mol. The van der Waals surface area contributed by atoms with E-state index >= 15 is 0 Å². The molecule has 48 heavy (non-hydrogen) atoms. The van der Waals surface area contributed by atoms with Crippen LogP contribution in [-0.4, -0.2) is 61.5 Å². The molecule has 3 amide bonds. The summed E-state index contributed by atoms with van der Waals surface area (Å²) in [5.74, 6) is 0.936. The predicted molar refractivity (Wildman–Crippen MR) is 184 cm³/mol. The fourth-order valence-corrected chi connectivity index (χ4v) is 6.90. The lowest BCUT2D eigenvalue weighted by atomic mass is 10.0. The van der Waals surface area contributed by atoms with Crippen molar-refractivity contribution in [2.24, 2.45) is 5.92 Å². The summed E-state index contributed by atoms with van der Waals surface area (Å²) in [5, 5.41) is 12.9. The van der Waals surface area contributed by atoms with Gasteiger partial charge in [-0.1, -0.05) is 38.1 Å². The number of benzene rings is 2. The summed E-state index contributed by atoms with van der Waals surface area (Å²) in [5.41, 5.74) is 5.72. The second-order valence-electron chi connectivity index (χ2n) is 13.5. The van der Waals surface area contributed by atoms with Crippen LogP contribution in [0.15, 0.2) is 53.3 Å². The number of fused-ring (bicyclic) bond motifs is 3. The minimum Gasteiger partial charge on any atom is -0.464 e. The number of nitrogens with one attached hydrogen (secondary N) is 3. The number of para-hydroxylation sites is 1. The van der Waals surface area contributed by atoms with Gasteiger partial charge in [-0.2, -0.15) is 5.10 Å². The third-order valence-corrected chi connectivity index (χ3v) is 9.09. The molecule has 2 aromatic carbocycles. The Morgan fingerprint density at radius 1 is 1.02 bits per heavy atom. The van der Waals surface area contributed by atoms with Gasteiger partial charge in [-0.3, -0.25) is 14.4 Å². The first-order valence-corrected chi connectivity index (χ1v) is 16.9. The summed E-state index contributed by atoms with van der Waals surface area (Å²) in [6.45, 7) is 11.3. The molecule has 11 heteroatoms. The molecule has 3 aromatic heterocycles. The summed E-state index contributed by atoms with van der Waals surface area (Å²) in [6.07, 6.45) is 5.34. The Balaban J connectivity index is 1.29. The van der Waals surface area contributed by atoms with Crippen molar-refractivity contribution < 1.29 is 18.8 Å². The van der Waals surface area contributed by atoms with E-state index in [-0.39, 0.29) is 36.5 Å². The molecule has 0 unspecified atom stereocenters. The summed E-state index contributed by atoms with van der Waals surface area (Å²) in [7, 11) is 0. The van der Waals surface area contributed by atoms with Crippen LogP contribution >= 0.6 is 0 Å². The average Bonchev–Trinajstić information content (AvgIpc) is 3.74. The van der Waals surface area contributed by atoms with Crippen molar-refractivity contribution in [2.75, 3.05) is 13.1 Å². The number of carbonyl (C=O) groups excluding carboxylic acids is 3. The van der Waals surface area contributed by atoms with E-state index in [1.165, 1.54) is 0 Å². The largest absolute Gasteiger partial charge is 0.464 e. The fraction of sp³-hybridized carbons (Fsp3) is 0.432. The number of rotatable bonds is 6. The molecule has 0 bridgehead atoms. The maximum absolute atomic E-state index is 14.0. The molecule has 1 aliphatic rings. The van der Waals surface area contributed by atoms with Crippen molar-refractivity contribution >= 4 is 39.6 Å². The van der Waals surface area contributed by atoms with E-state index in [0.717, 1.165) is 44.1 Å². The number of hydrogen-bond donors (Lipinski definition) is 3. The van der Waals surface area contributed by atoms with Crippen molar-refractivity contribution in [3.05, 3.63) is 82.8 Å². The van der Waals surface area contributed by atoms with E-state index < -0.39 is 12.1 Å². The molecule has 0 radical (unpaired) electrons. The zero-order chi connectivity index (χ0) is 33.9. The Bertz CT molecular complexity index is 1950. The zero-order valence-corrected chi connectivity index (χ0v) is 28.4. The molecule has 0 aliphatic carbocycles. The summed E-state index contributed by atoms with van der Waals surface area (Å²) in [4.78, 5) is 51.1. The maximum atomic E-state index is 14.0. The Labute approximate surface area is 280 Å². The molecule has 0 saturated carbocycles. The third kappa shape index (κ3) is 7.30. The first-order valence-electron chi connectivity index (χ1n) is 16.9. The second kappa shape index (κ2) is 14.0. The SMILES string of the molecule is Cc1cc(C)c2c(CC(=O)N3CCCC(=O)N[C@H](Cc4c[nH]c5ccccc45)C(=O)N[C@@H](CC(C)C)c4nc(C)nn4CC3)coc2c1. The van der Waals surface area contributed by atoms with Gasteiger partial charge >= 0.3 is 0 Å². The predicted octanol–water partition coefficient (Wildman–Crippen LogP) is 5.23. The van der Waals surface area contributed by atoms with Gasteiger partial charge < -0.3 is 24.9 Å². The molecular formula is C37H45N7O4. The maximum Gasteiger partial charge on any atom is 0.243 e. The molecule has 1 aliphatic heterocycles. The van der Waals surface area contributed by atoms with Crippen LogP contribution in [0.4, 0.5) is 0 Å². The molecule has 2 atom stereocenters. The first kappa shape index (κ1) is 33.0. The van der Waals surface area contributed by atoms with Gasteiger partial charge in [0, 0.05) is 54.0 Å². The molecule has 252 valence electrons. The van der Waals surface area contributed by atoms with Crippen LogP contribution in [0, 0.1) is 26.7 Å². The van der Waals surface area contributed by atoms with Crippen LogP contribution in [-0.2, 0) is 33.8 Å². The van der Waals surface area contributed by atoms with Gasteiger partial charge in [-0.05, 0) is 68.4 Å². The number of aromatic nitrogens is 4. The quantitative estimate of drug-likeness (QED) is 0.230. The van der Waals surface area contributed by atoms with E-state index in [4.69, 9.17) is 9.40 Å². The van der Waals surface area contributed by atoms with Crippen LogP contribution in [0.2, 0.25) is 0 Å². The number of furan rings is 1. The highest BCUT2D eigenvalue weighted by molar-refractivity contribution is 5.91. The van der Waals surface area contributed by atoms with Crippen molar-refractivity contribution in [1.82, 2.24) is 35.3 Å². The topological polar surface area (TPSA) is 138 Å². The number of carbonyl (C=O) groups is 3. The lowest BCUT2D eigenvalue weighted by Gasteiger charge is -2.27. The number of H-pyrrole nitrogens is 1. The van der Waals surface area contributed by atoms with E-state index in [9.17, 15) is 14.4 Å². The second-order valence-corrected chi connectivity index (χ2v) is 13.5. The number of nitrogens with zero attached hydrogens (tertiary/aromatic N) is 4. The van der Waals surface area contributed by atoms with Crippen LogP contribution in [0.3, 0.4) is 0 Å². The van der Waals surface area contributed by atoms with Gasteiger partial charge in [0.25, 0.3) is 0 Å². The van der Waals surface area contributed by atoms with Crippen molar-refractivity contribution in [1.29, 1.82) is 0 Å². The smallest absolute Gasteiger partial charge is 0.243 e. The van der Waals surface area contributed by atoms with E-state index in [1.807, 2.05) is 66.9 Å². The standard InChI is InChI=1S/C37H45N7O4/c1-22(2)15-30-36-39-25(5)42-44(36)14-13-43(34(46)19-27-21-48-32-17-23(3)16-24(4)35(27)32)12-8-11-33(45)40-31(37(47)41-30)18-26-20-38-29-10-7-6-9-28(26)29/h6-7,9-10,16-17,20-22,30-31,38H,8,11-15,18-19H2,1-5H3,(H,40,45)(H,41,47)/t30-,31+/m0/s1. The number of amides is 3. The third-order valence-electron chi connectivity index (χ3n) is 9.09. The highest BCUT2D eigenvalue weighted by Gasteiger charge is 2.29. The lowest BCUT2D eigenvalue weighted by Crippen LogP contribution is -2.49. The van der Waals surface area contributed by atoms with Crippen LogP contribution in [0.5, 0.6) is 0 Å². The Hall–Kier alpha value is -4.93. The molecule has 4 heterocycles. The van der Waals surface area contributed by atoms with E-state index in [2.05, 4.69) is 40.6 Å². The highest BCUT2D eigenvalue weighted by Crippen LogP contribution is 2.28. The molecule has 11 nitrogen and oxygen atoms in total. The fourth-order valence-electron chi connectivity index (χ4n) is 6.90. The molecule has 0 saturated heterocycles. The summed E-state index contributed by atoms with van der Waals surface area (Å²) >= 11 is 0. The first-order chi connectivity index (χ1) is 23.0. The van der Waals surface area contributed by atoms with Crippen molar-refractivity contribution in [3.63, 3.8) is 0 Å². The molecule has 0 spiro atoms. The minimum atomic E-state index is -0.800. The van der Waals surface area contributed by atoms with Crippen molar-refractivity contribution in [3.8, 4) is 0 Å². The van der Waals surface area contributed by atoms with Gasteiger partial charge in [0.05, 0.1) is 25.3 Å². The highest BCUT2D eigenvalue weighted by atomic mass is 16.3. The molecule has 6 rings (SSSR count). The van der Waals surface area contributed by atoms with E-state index in [0.29, 0.717) is 50.5 Å². The molecular weight excluding hydrogens is 606 g/mol. The Morgan fingerprint density at radius 3 is 2.65 bits per heavy atom. The van der Waals surface area contributed by atoms with Crippen LogP contribution < -0.4 is 10.6 Å². The normalized spacial score (nSPS) is 18.2. The molecule has 0 fully saturated rings. The number of hydrogen-bond acceptors (Lipinski definition) is 6. The average molecular weight is 652 g/mol. The zero-order valence-electron chi connectivity index (χ0n) is 28.4. The number of aromatic amines is 1. The summed E-state index contributed by atoms with van der Waals surface area (Å²) in [6, 6.07) is 10.8.